The second-order valence-electron chi connectivity index (χ2n) is 14.9. The van der Waals surface area contributed by atoms with E-state index in [9.17, 15) is 21.6 Å². The van der Waals surface area contributed by atoms with Crippen LogP contribution in [0.3, 0.4) is 0 Å². The van der Waals surface area contributed by atoms with E-state index in [0.29, 0.717) is 73.4 Å². The van der Waals surface area contributed by atoms with E-state index in [1.165, 1.54) is 4.31 Å². The van der Waals surface area contributed by atoms with E-state index in [-0.39, 0.29) is 23.9 Å². The van der Waals surface area contributed by atoms with Crippen molar-refractivity contribution >= 4 is 26.0 Å². The monoisotopic (exact) mass is 794 g/mol. The molecule has 4 heterocycles. The molecule has 0 unspecified atom stereocenters. The van der Waals surface area contributed by atoms with Crippen molar-refractivity contribution in [2.24, 2.45) is 0 Å². The third kappa shape index (κ3) is 8.91. The number of carbonyl (C=O) groups is 1. The van der Waals surface area contributed by atoms with Gasteiger partial charge in [0.15, 0.2) is 0 Å². The summed E-state index contributed by atoms with van der Waals surface area (Å²) in [6.45, 7) is 15.5. The Kier molecular flexibility index (Phi) is 12.7. The fourth-order valence-corrected chi connectivity index (χ4v) is 11.2. The molecule has 13 nitrogen and oxygen atoms in total. The van der Waals surface area contributed by atoms with Gasteiger partial charge in [-0.25, -0.2) is 16.8 Å². The normalized spacial score (nSPS) is 16.6. The Morgan fingerprint density at radius 2 is 1.04 bits per heavy atom. The zero-order valence-electron chi connectivity index (χ0n) is 32.9. The fourth-order valence-electron chi connectivity index (χ4n) is 7.81. The lowest BCUT2D eigenvalue weighted by molar-refractivity contribution is -0.132. The first kappa shape index (κ1) is 40.8. The van der Waals surface area contributed by atoms with Gasteiger partial charge in [0.2, 0.25) is 26.0 Å². The van der Waals surface area contributed by atoms with Gasteiger partial charge in [0.25, 0.3) is 0 Å². The highest BCUT2D eigenvalue weighted by atomic mass is 32.2. The van der Waals surface area contributed by atoms with Crippen molar-refractivity contribution in [2.75, 3.05) is 58.9 Å². The first-order valence-electron chi connectivity index (χ1n) is 19.3. The zero-order valence-corrected chi connectivity index (χ0v) is 34.6. The van der Waals surface area contributed by atoms with Crippen LogP contribution >= 0.6 is 0 Å². The minimum Gasteiger partial charge on any atom is -0.361 e. The minimum atomic E-state index is -3.75. The number of unbranched alkanes of at least 4 members (excludes halogenated alkanes) is 4. The van der Waals surface area contributed by atoms with Gasteiger partial charge in [-0.1, -0.05) is 53.8 Å². The maximum absolute atomic E-state index is 13.7. The van der Waals surface area contributed by atoms with E-state index in [4.69, 9.17) is 9.05 Å². The predicted octanol–water partition coefficient (Wildman–Crippen LogP) is 6.03. The highest BCUT2D eigenvalue weighted by molar-refractivity contribution is 7.89. The molecule has 4 aromatic rings. The molecule has 0 spiro atoms. The lowest BCUT2D eigenvalue weighted by atomic mass is 10.0. The first-order valence-corrected chi connectivity index (χ1v) is 22.1. The highest BCUT2D eigenvalue weighted by Crippen LogP contribution is 2.33. The number of amides is 1. The number of aromatic nitrogens is 2. The summed E-state index contributed by atoms with van der Waals surface area (Å²) in [5.41, 5.74) is 6.02. The Labute approximate surface area is 325 Å². The molecule has 55 heavy (non-hydrogen) atoms. The lowest BCUT2D eigenvalue weighted by Gasteiger charge is -2.34. The van der Waals surface area contributed by atoms with Gasteiger partial charge in [0, 0.05) is 69.9 Å². The largest absolute Gasteiger partial charge is 0.361 e. The molecule has 2 fully saturated rings. The molecule has 2 aliphatic rings. The van der Waals surface area contributed by atoms with Gasteiger partial charge < -0.3 is 18.8 Å². The van der Waals surface area contributed by atoms with E-state index >= 15 is 0 Å². The van der Waals surface area contributed by atoms with Crippen LogP contribution in [0.25, 0.3) is 22.3 Å². The SMILES string of the molecule is Cc1ccc(-c2c(C)noc2C)cc1S(=O)(=O)N1CCN(CCCCCCCC(=O)N2CCN(S(=O)(=O)c3cc(-c4c(C)noc4C)ccc3C)CC2)CC1. The number of aryl methyl sites for hydroxylation is 6. The number of nitrogens with zero attached hydrogens (tertiary/aromatic N) is 6. The number of hydrogen-bond donors (Lipinski definition) is 0. The summed E-state index contributed by atoms with van der Waals surface area (Å²) in [7, 11) is -7.39. The molecule has 1 amide bonds. The quantitative estimate of drug-likeness (QED) is 0.139. The van der Waals surface area contributed by atoms with Crippen molar-refractivity contribution in [3.05, 3.63) is 70.4 Å². The van der Waals surface area contributed by atoms with Gasteiger partial charge in [-0.15, -0.1) is 0 Å². The summed E-state index contributed by atoms with van der Waals surface area (Å²) in [6, 6.07) is 10.9. The number of piperazine rings is 2. The van der Waals surface area contributed by atoms with Crippen molar-refractivity contribution in [3.8, 4) is 22.3 Å². The maximum Gasteiger partial charge on any atom is 0.243 e. The number of carbonyl (C=O) groups excluding carboxylic acids is 1. The van der Waals surface area contributed by atoms with Crippen LogP contribution in [-0.2, 0) is 24.8 Å². The topological polar surface area (TPSA) is 150 Å². The van der Waals surface area contributed by atoms with Crippen LogP contribution < -0.4 is 0 Å². The van der Waals surface area contributed by atoms with E-state index in [2.05, 4.69) is 15.2 Å². The number of sulfonamides is 2. The lowest BCUT2D eigenvalue weighted by Crippen LogP contribution is -2.50. The molecule has 2 saturated heterocycles. The summed E-state index contributed by atoms with van der Waals surface area (Å²) >= 11 is 0. The van der Waals surface area contributed by atoms with Crippen molar-refractivity contribution in [2.45, 2.75) is 89.9 Å². The molecule has 0 bridgehead atoms. The molecule has 0 aliphatic carbocycles. The Morgan fingerprint density at radius 1 is 0.600 bits per heavy atom. The summed E-state index contributed by atoms with van der Waals surface area (Å²) in [4.78, 5) is 17.7. The van der Waals surface area contributed by atoms with Gasteiger partial charge in [-0.05, 0) is 95.3 Å². The maximum atomic E-state index is 13.7. The standard InChI is InChI=1S/C40H54N6O7S2/c1-28-13-15-34(39-30(3)41-52-32(39)5)26-36(28)54(48,49)45-22-18-43(19-23-45)17-11-9-7-8-10-12-38(47)44-20-24-46(25-21-44)55(50,51)37-27-35(16-14-29(37)2)40-31(4)42-53-33(40)6/h13-16,26-27H,7-12,17-25H2,1-6H3. The number of rotatable bonds is 14. The molecule has 15 heteroatoms. The van der Waals surface area contributed by atoms with Crippen LogP contribution in [0.15, 0.2) is 55.2 Å². The van der Waals surface area contributed by atoms with Gasteiger partial charge in [0.1, 0.15) is 11.5 Å². The molecule has 2 aliphatic heterocycles. The summed E-state index contributed by atoms with van der Waals surface area (Å²) in [5, 5.41) is 8.04. The molecule has 2 aromatic carbocycles. The molecule has 0 saturated carbocycles. The van der Waals surface area contributed by atoms with Crippen LogP contribution in [0, 0.1) is 41.5 Å². The number of hydrogen-bond acceptors (Lipinski definition) is 10. The van der Waals surface area contributed by atoms with E-state index in [0.717, 1.165) is 72.2 Å². The highest BCUT2D eigenvalue weighted by Gasteiger charge is 2.32. The van der Waals surface area contributed by atoms with Crippen LogP contribution in [0.1, 0.15) is 72.6 Å². The Hall–Kier alpha value is -3.89. The summed E-state index contributed by atoms with van der Waals surface area (Å²) in [6.07, 6.45) is 5.32. The van der Waals surface area contributed by atoms with Crippen molar-refractivity contribution < 1.29 is 30.7 Å². The van der Waals surface area contributed by atoms with Gasteiger partial charge in [0.05, 0.1) is 21.2 Å². The van der Waals surface area contributed by atoms with Crippen molar-refractivity contribution in [1.82, 2.24) is 28.7 Å². The predicted molar refractivity (Wildman–Crippen MR) is 211 cm³/mol. The van der Waals surface area contributed by atoms with Crippen molar-refractivity contribution in [1.29, 1.82) is 0 Å². The van der Waals surface area contributed by atoms with Gasteiger partial charge >= 0.3 is 0 Å². The third-order valence-electron chi connectivity index (χ3n) is 11.0. The van der Waals surface area contributed by atoms with E-state index < -0.39 is 20.0 Å². The Bertz CT molecular complexity index is 2180. The molecular formula is C40H54N6O7S2. The third-order valence-corrected chi connectivity index (χ3v) is 15.1. The Morgan fingerprint density at radius 3 is 1.49 bits per heavy atom. The molecule has 0 atom stereocenters. The smallest absolute Gasteiger partial charge is 0.243 e. The van der Waals surface area contributed by atoms with Crippen molar-refractivity contribution in [3.63, 3.8) is 0 Å². The zero-order chi connectivity index (χ0) is 39.5. The van der Waals surface area contributed by atoms with Gasteiger partial charge in [-0.3, -0.25) is 4.79 Å². The van der Waals surface area contributed by atoms with Crippen LogP contribution in [0.5, 0.6) is 0 Å². The minimum absolute atomic E-state index is 0.0760. The molecular weight excluding hydrogens is 741 g/mol. The van der Waals surface area contributed by atoms with Crippen LogP contribution in [0.2, 0.25) is 0 Å². The number of benzene rings is 2. The van der Waals surface area contributed by atoms with Crippen LogP contribution in [-0.4, -0.2) is 110 Å². The average molecular weight is 795 g/mol. The molecule has 298 valence electrons. The second-order valence-corrected chi connectivity index (χ2v) is 18.7. The molecule has 6 rings (SSSR count). The molecule has 0 radical (unpaired) electrons. The van der Waals surface area contributed by atoms with E-state index in [1.807, 2.05) is 58.9 Å². The Balaban J connectivity index is 0.882. The van der Waals surface area contributed by atoms with E-state index in [1.54, 1.807) is 28.3 Å². The van der Waals surface area contributed by atoms with Crippen LogP contribution in [0.4, 0.5) is 0 Å². The summed E-state index contributed by atoms with van der Waals surface area (Å²) < 4.78 is 68.5. The molecule has 2 aromatic heterocycles. The summed E-state index contributed by atoms with van der Waals surface area (Å²) in [5.74, 6) is 1.38. The second kappa shape index (κ2) is 17.1. The first-order chi connectivity index (χ1) is 26.2. The molecule has 0 N–H and O–H groups in total. The fraction of sp³-hybridized carbons (Fsp3) is 0.525. The average Bonchev–Trinajstić information content (AvgIpc) is 3.69. The van der Waals surface area contributed by atoms with Gasteiger partial charge in [-0.2, -0.15) is 8.61 Å².